The summed E-state index contributed by atoms with van der Waals surface area (Å²) in [5.41, 5.74) is 4.20. The van der Waals surface area contributed by atoms with Crippen LogP contribution in [0.15, 0.2) is 61.1 Å². The summed E-state index contributed by atoms with van der Waals surface area (Å²) < 4.78 is 1.79. The van der Waals surface area contributed by atoms with Gasteiger partial charge in [-0.05, 0) is 55.7 Å². The molecule has 7 heteroatoms. The van der Waals surface area contributed by atoms with Gasteiger partial charge in [0.15, 0.2) is 5.65 Å². The van der Waals surface area contributed by atoms with E-state index in [4.69, 9.17) is 0 Å². The highest BCUT2D eigenvalue weighted by atomic mass is 16.1. The molecule has 29 heavy (non-hydrogen) atoms. The Morgan fingerprint density at radius 2 is 1.93 bits per heavy atom. The first-order valence-corrected chi connectivity index (χ1v) is 9.62. The summed E-state index contributed by atoms with van der Waals surface area (Å²) in [6, 6.07) is 15.8. The molecular formula is C22H20N6O. The van der Waals surface area contributed by atoms with Crippen LogP contribution < -0.4 is 10.6 Å². The number of nitrogens with one attached hydrogen (secondary N) is 2. The normalized spacial score (nSPS) is 13.4. The zero-order valence-electron chi connectivity index (χ0n) is 16.0. The Balaban J connectivity index is 1.44. The fraction of sp³-hybridized carbons (Fsp3) is 0.182. The number of hydrogen-bond acceptors (Lipinski definition) is 5. The molecule has 0 aliphatic heterocycles. The maximum Gasteiger partial charge on any atom is 0.251 e. The number of amides is 1. The molecular weight excluding hydrogens is 364 g/mol. The van der Waals surface area contributed by atoms with Crippen molar-refractivity contribution in [2.75, 3.05) is 5.32 Å². The van der Waals surface area contributed by atoms with Gasteiger partial charge in [-0.25, -0.2) is 14.6 Å². The first kappa shape index (κ1) is 17.4. The Labute approximate surface area is 167 Å². The molecule has 7 nitrogen and oxygen atoms in total. The molecule has 1 aliphatic carbocycles. The molecule has 5 rings (SSSR count). The highest BCUT2D eigenvalue weighted by Crippen LogP contribution is 2.27. The average Bonchev–Trinajstić information content (AvgIpc) is 3.45. The lowest BCUT2D eigenvalue weighted by molar-refractivity contribution is 0.0951. The summed E-state index contributed by atoms with van der Waals surface area (Å²) in [6.45, 7) is 1.97. The number of benzene rings is 2. The maximum absolute atomic E-state index is 12.3. The first-order chi connectivity index (χ1) is 14.2. The predicted octanol–water partition coefficient (Wildman–Crippen LogP) is 3.76. The molecule has 0 spiro atoms. The number of para-hydroxylation sites is 1. The highest BCUT2D eigenvalue weighted by molar-refractivity contribution is 5.96. The van der Waals surface area contributed by atoms with Crippen molar-refractivity contribution in [3.8, 4) is 5.69 Å². The van der Waals surface area contributed by atoms with Crippen LogP contribution in [0.25, 0.3) is 16.7 Å². The zero-order chi connectivity index (χ0) is 19.8. The van der Waals surface area contributed by atoms with Gasteiger partial charge in [0.1, 0.15) is 12.1 Å². The van der Waals surface area contributed by atoms with E-state index < -0.39 is 0 Å². The van der Waals surface area contributed by atoms with Gasteiger partial charge in [-0.2, -0.15) is 5.10 Å². The number of hydrogen-bond donors (Lipinski definition) is 2. The minimum Gasteiger partial charge on any atom is -0.349 e. The van der Waals surface area contributed by atoms with Crippen LogP contribution in [0.5, 0.6) is 0 Å². The second-order valence-electron chi connectivity index (χ2n) is 7.25. The topological polar surface area (TPSA) is 84.7 Å². The highest BCUT2D eigenvalue weighted by Gasteiger charge is 2.24. The van der Waals surface area contributed by atoms with Crippen molar-refractivity contribution in [1.82, 2.24) is 25.1 Å². The minimum atomic E-state index is -0.0179. The van der Waals surface area contributed by atoms with Gasteiger partial charge in [0.05, 0.1) is 17.3 Å². The molecule has 2 aromatic carbocycles. The van der Waals surface area contributed by atoms with Gasteiger partial charge >= 0.3 is 0 Å². The number of anilines is 2. The Hall–Kier alpha value is -3.74. The minimum absolute atomic E-state index is 0.0179. The Morgan fingerprint density at radius 3 is 2.69 bits per heavy atom. The second kappa shape index (κ2) is 7.01. The zero-order valence-corrected chi connectivity index (χ0v) is 16.0. The van der Waals surface area contributed by atoms with E-state index >= 15 is 0 Å². The van der Waals surface area contributed by atoms with E-state index in [0.717, 1.165) is 40.8 Å². The van der Waals surface area contributed by atoms with Gasteiger partial charge < -0.3 is 10.6 Å². The van der Waals surface area contributed by atoms with Crippen molar-refractivity contribution in [2.45, 2.75) is 25.8 Å². The number of carbonyl (C=O) groups excluding carboxylic acids is 1. The third kappa shape index (κ3) is 3.42. The summed E-state index contributed by atoms with van der Waals surface area (Å²) in [5, 5.41) is 11.7. The van der Waals surface area contributed by atoms with Crippen molar-refractivity contribution in [2.24, 2.45) is 0 Å². The van der Waals surface area contributed by atoms with Crippen LogP contribution >= 0.6 is 0 Å². The molecule has 1 aliphatic rings. The molecule has 0 bridgehead atoms. The van der Waals surface area contributed by atoms with Crippen molar-refractivity contribution in [3.05, 3.63) is 72.2 Å². The molecule has 1 amide bonds. The van der Waals surface area contributed by atoms with E-state index in [1.807, 2.05) is 55.5 Å². The summed E-state index contributed by atoms with van der Waals surface area (Å²) in [6.07, 6.45) is 5.44. The van der Waals surface area contributed by atoms with Crippen LogP contribution in [0.2, 0.25) is 0 Å². The summed E-state index contributed by atoms with van der Waals surface area (Å²) in [7, 11) is 0. The lowest BCUT2D eigenvalue weighted by Crippen LogP contribution is -2.25. The molecule has 0 radical (unpaired) electrons. The van der Waals surface area contributed by atoms with Gasteiger partial charge in [-0.15, -0.1) is 0 Å². The van der Waals surface area contributed by atoms with Crippen LogP contribution in [0, 0.1) is 6.92 Å². The SMILES string of the molecule is Cc1cc(C(=O)NC2CC2)ccc1Nc1ncnc2c1cnn2-c1ccccc1. The number of nitrogens with zero attached hydrogens (tertiary/aromatic N) is 4. The third-order valence-corrected chi connectivity index (χ3v) is 5.02. The van der Waals surface area contributed by atoms with Gasteiger partial charge in [-0.3, -0.25) is 4.79 Å². The van der Waals surface area contributed by atoms with Gasteiger partial charge in [0, 0.05) is 17.3 Å². The Bertz CT molecular complexity index is 1200. The summed E-state index contributed by atoms with van der Waals surface area (Å²) in [4.78, 5) is 21.1. The van der Waals surface area contributed by atoms with E-state index in [9.17, 15) is 4.79 Å². The van der Waals surface area contributed by atoms with Crippen molar-refractivity contribution < 1.29 is 4.79 Å². The maximum atomic E-state index is 12.3. The molecule has 4 aromatic rings. The lowest BCUT2D eigenvalue weighted by Gasteiger charge is -2.11. The monoisotopic (exact) mass is 384 g/mol. The van der Waals surface area contributed by atoms with Crippen molar-refractivity contribution in [3.63, 3.8) is 0 Å². The molecule has 2 N–H and O–H groups in total. The fourth-order valence-corrected chi connectivity index (χ4v) is 3.27. The van der Waals surface area contributed by atoms with Gasteiger partial charge in [0.2, 0.25) is 0 Å². The predicted molar refractivity (Wildman–Crippen MR) is 112 cm³/mol. The van der Waals surface area contributed by atoms with E-state index in [2.05, 4.69) is 25.7 Å². The van der Waals surface area contributed by atoms with Crippen LogP contribution in [0.4, 0.5) is 11.5 Å². The third-order valence-electron chi connectivity index (χ3n) is 5.02. The van der Waals surface area contributed by atoms with Crippen LogP contribution in [0.3, 0.4) is 0 Å². The molecule has 0 unspecified atom stereocenters. The van der Waals surface area contributed by atoms with Crippen molar-refractivity contribution >= 4 is 28.4 Å². The van der Waals surface area contributed by atoms with Gasteiger partial charge in [-0.1, -0.05) is 18.2 Å². The standard InChI is InChI=1S/C22H20N6O/c1-14-11-15(22(29)26-16-8-9-16)7-10-19(14)27-20-18-12-25-28(21(18)24-13-23-20)17-5-3-2-4-6-17/h2-7,10-13,16H,8-9H2,1H3,(H,26,29)(H,23,24,27). The Morgan fingerprint density at radius 1 is 1.10 bits per heavy atom. The van der Waals surface area contributed by atoms with Crippen LogP contribution in [-0.2, 0) is 0 Å². The molecule has 0 atom stereocenters. The van der Waals surface area contributed by atoms with Crippen molar-refractivity contribution in [1.29, 1.82) is 0 Å². The number of aromatic nitrogens is 4. The largest absolute Gasteiger partial charge is 0.349 e. The number of carbonyl (C=O) groups is 1. The number of aryl methyl sites for hydroxylation is 1. The smallest absolute Gasteiger partial charge is 0.251 e. The van der Waals surface area contributed by atoms with Crippen LogP contribution in [-0.4, -0.2) is 31.7 Å². The summed E-state index contributed by atoms with van der Waals surface area (Å²) >= 11 is 0. The van der Waals surface area contributed by atoms with E-state index in [1.54, 1.807) is 10.9 Å². The Kier molecular flexibility index (Phi) is 4.20. The average molecular weight is 384 g/mol. The molecule has 1 fully saturated rings. The molecule has 2 aromatic heterocycles. The lowest BCUT2D eigenvalue weighted by atomic mass is 10.1. The number of rotatable bonds is 5. The fourth-order valence-electron chi connectivity index (χ4n) is 3.27. The molecule has 0 saturated heterocycles. The van der Waals surface area contributed by atoms with E-state index in [1.165, 1.54) is 6.33 Å². The molecule has 2 heterocycles. The molecule has 144 valence electrons. The molecule has 1 saturated carbocycles. The first-order valence-electron chi connectivity index (χ1n) is 9.62. The van der Waals surface area contributed by atoms with Crippen LogP contribution in [0.1, 0.15) is 28.8 Å². The number of fused-ring (bicyclic) bond motifs is 1. The van der Waals surface area contributed by atoms with E-state index in [0.29, 0.717) is 17.4 Å². The second-order valence-corrected chi connectivity index (χ2v) is 7.25. The quantitative estimate of drug-likeness (QED) is 0.547. The van der Waals surface area contributed by atoms with E-state index in [-0.39, 0.29) is 5.91 Å². The van der Waals surface area contributed by atoms with Gasteiger partial charge in [0.25, 0.3) is 5.91 Å². The summed E-state index contributed by atoms with van der Waals surface area (Å²) in [5.74, 6) is 0.658.